The number of sulfonamides is 1. The molecule has 2 aromatic rings. The van der Waals surface area contributed by atoms with Crippen molar-refractivity contribution in [1.82, 2.24) is 9.62 Å². The van der Waals surface area contributed by atoms with E-state index in [1.807, 2.05) is 24.3 Å². The van der Waals surface area contributed by atoms with Crippen LogP contribution in [0.3, 0.4) is 0 Å². The molecule has 0 saturated carbocycles. The SMILES string of the molecule is COc1ccc2cc(S(=O)(=O)N[C@H]3C[C@H]4CO[C@@H](C)CN4C3)ccc2c1. The van der Waals surface area contributed by atoms with Crippen LogP contribution in [-0.2, 0) is 14.8 Å². The molecule has 0 amide bonds. The van der Waals surface area contributed by atoms with Gasteiger partial charge in [-0.05, 0) is 48.4 Å². The number of benzene rings is 2. The second-order valence-electron chi connectivity index (χ2n) is 7.18. The van der Waals surface area contributed by atoms with Crippen LogP contribution >= 0.6 is 0 Å². The van der Waals surface area contributed by atoms with Crippen molar-refractivity contribution < 1.29 is 17.9 Å². The van der Waals surface area contributed by atoms with Crippen molar-refractivity contribution in [3.63, 3.8) is 0 Å². The minimum Gasteiger partial charge on any atom is -0.497 e. The quantitative estimate of drug-likeness (QED) is 0.884. The maximum Gasteiger partial charge on any atom is 0.240 e. The molecular formula is C19H24N2O4S. The van der Waals surface area contributed by atoms with Crippen molar-refractivity contribution in [2.45, 2.75) is 36.4 Å². The summed E-state index contributed by atoms with van der Waals surface area (Å²) in [5.41, 5.74) is 0. The zero-order chi connectivity index (χ0) is 18.3. The molecule has 4 rings (SSSR count). The second-order valence-corrected chi connectivity index (χ2v) is 8.89. The molecule has 0 unspecified atom stereocenters. The molecule has 0 radical (unpaired) electrons. The summed E-state index contributed by atoms with van der Waals surface area (Å²) in [5.74, 6) is 0.755. The van der Waals surface area contributed by atoms with Gasteiger partial charge < -0.3 is 9.47 Å². The van der Waals surface area contributed by atoms with Crippen molar-refractivity contribution in [2.24, 2.45) is 0 Å². The fourth-order valence-electron chi connectivity index (χ4n) is 3.91. The van der Waals surface area contributed by atoms with E-state index in [1.54, 1.807) is 19.2 Å². The first-order chi connectivity index (χ1) is 12.4. The lowest BCUT2D eigenvalue weighted by Gasteiger charge is -2.33. The van der Waals surface area contributed by atoms with Gasteiger partial charge in [-0.3, -0.25) is 4.90 Å². The van der Waals surface area contributed by atoms with Crippen LogP contribution in [0.2, 0.25) is 0 Å². The summed E-state index contributed by atoms with van der Waals surface area (Å²) in [6.07, 6.45) is 0.996. The highest BCUT2D eigenvalue weighted by Gasteiger charge is 2.37. The highest BCUT2D eigenvalue weighted by molar-refractivity contribution is 7.89. The summed E-state index contributed by atoms with van der Waals surface area (Å²) < 4.78 is 39.5. The van der Waals surface area contributed by atoms with E-state index in [4.69, 9.17) is 9.47 Å². The molecule has 6 nitrogen and oxygen atoms in total. The van der Waals surface area contributed by atoms with Gasteiger partial charge in [0.1, 0.15) is 5.75 Å². The normalized spacial score (nSPS) is 26.8. The average Bonchev–Trinajstić information content (AvgIpc) is 3.01. The molecular weight excluding hydrogens is 352 g/mol. The van der Waals surface area contributed by atoms with Gasteiger partial charge in [0.2, 0.25) is 10.0 Å². The van der Waals surface area contributed by atoms with E-state index in [2.05, 4.69) is 16.5 Å². The first kappa shape index (κ1) is 17.7. The minimum absolute atomic E-state index is 0.0783. The Kier molecular flexibility index (Phi) is 4.64. The van der Waals surface area contributed by atoms with Crippen molar-refractivity contribution in [2.75, 3.05) is 26.8 Å². The first-order valence-corrected chi connectivity index (χ1v) is 10.4. The summed E-state index contributed by atoms with van der Waals surface area (Å²) in [7, 11) is -1.94. The molecule has 140 valence electrons. The molecule has 2 saturated heterocycles. The van der Waals surface area contributed by atoms with E-state index in [9.17, 15) is 8.42 Å². The molecule has 2 aromatic carbocycles. The molecule has 0 bridgehead atoms. The van der Waals surface area contributed by atoms with Gasteiger partial charge in [-0.25, -0.2) is 13.1 Å². The van der Waals surface area contributed by atoms with E-state index in [-0.39, 0.29) is 12.1 Å². The number of hydrogen-bond donors (Lipinski definition) is 1. The number of fused-ring (bicyclic) bond motifs is 2. The lowest BCUT2D eigenvalue weighted by atomic mass is 10.1. The maximum atomic E-state index is 12.8. The van der Waals surface area contributed by atoms with Crippen LogP contribution in [0.15, 0.2) is 41.3 Å². The first-order valence-electron chi connectivity index (χ1n) is 8.90. The van der Waals surface area contributed by atoms with Crippen molar-refractivity contribution >= 4 is 20.8 Å². The zero-order valence-corrected chi connectivity index (χ0v) is 15.8. The summed E-state index contributed by atoms with van der Waals surface area (Å²) in [5, 5.41) is 1.83. The third-order valence-corrected chi connectivity index (χ3v) is 6.76. The van der Waals surface area contributed by atoms with Crippen molar-refractivity contribution in [1.29, 1.82) is 0 Å². The number of nitrogens with one attached hydrogen (secondary N) is 1. The lowest BCUT2D eigenvalue weighted by Crippen LogP contribution is -2.45. The Labute approximate surface area is 154 Å². The largest absolute Gasteiger partial charge is 0.497 e. The molecule has 7 heteroatoms. The fraction of sp³-hybridized carbons (Fsp3) is 0.474. The number of nitrogens with zero attached hydrogens (tertiary/aromatic N) is 1. The minimum atomic E-state index is -3.56. The molecule has 2 fully saturated rings. The van der Waals surface area contributed by atoms with Gasteiger partial charge in [0.05, 0.1) is 24.7 Å². The third-order valence-electron chi connectivity index (χ3n) is 5.24. The zero-order valence-electron chi connectivity index (χ0n) is 15.0. The summed E-state index contributed by atoms with van der Waals surface area (Å²) in [6, 6.07) is 11.0. The van der Waals surface area contributed by atoms with Crippen LogP contribution in [0.4, 0.5) is 0 Å². The van der Waals surface area contributed by atoms with Crippen molar-refractivity contribution in [3.05, 3.63) is 36.4 Å². The van der Waals surface area contributed by atoms with Gasteiger partial charge >= 0.3 is 0 Å². The maximum absolute atomic E-state index is 12.8. The Morgan fingerprint density at radius 2 is 1.92 bits per heavy atom. The van der Waals surface area contributed by atoms with Gasteiger partial charge in [0.25, 0.3) is 0 Å². The van der Waals surface area contributed by atoms with E-state index < -0.39 is 10.0 Å². The molecule has 2 heterocycles. The Balaban J connectivity index is 1.52. The van der Waals surface area contributed by atoms with Crippen molar-refractivity contribution in [3.8, 4) is 5.75 Å². The molecule has 1 N–H and O–H groups in total. The second kappa shape index (κ2) is 6.81. The van der Waals surface area contributed by atoms with Gasteiger partial charge in [-0.1, -0.05) is 12.1 Å². The molecule has 26 heavy (non-hydrogen) atoms. The Morgan fingerprint density at radius 3 is 2.73 bits per heavy atom. The summed E-state index contributed by atoms with van der Waals surface area (Å²) >= 11 is 0. The van der Waals surface area contributed by atoms with E-state index in [0.717, 1.165) is 36.0 Å². The molecule has 0 aliphatic carbocycles. The van der Waals surface area contributed by atoms with Crippen LogP contribution in [0.1, 0.15) is 13.3 Å². The van der Waals surface area contributed by atoms with Crippen LogP contribution in [0, 0.1) is 0 Å². The fourth-order valence-corrected chi connectivity index (χ4v) is 5.18. The average molecular weight is 376 g/mol. The van der Waals surface area contributed by atoms with Crippen LogP contribution in [-0.4, -0.2) is 58.3 Å². The van der Waals surface area contributed by atoms with Gasteiger partial charge in [-0.2, -0.15) is 0 Å². The molecule has 0 spiro atoms. The summed E-state index contributed by atoms with van der Waals surface area (Å²) in [4.78, 5) is 2.62. The highest BCUT2D eigenvalue weighted by Crippen LogP contribution is 2.26. The summed E-state index contributed by atoms with van der Waals surface area (Å²) in [6.45, 7) is 4.33. The number of hydrogen-bond acceptors (Lipinski definition) is 5. The van der Waals surface area contributed by atoms with E-state index >= 15 is 0 Å². The van der Waals surface area contributed by atoms with E-state index in [1.165, 1.54) is 0 Å². The topological polar surface area (TPSA) is 67.9 Å². The monoisotopic (exact) mass is 376 g/mol. The third kappa shape index (κ3) is 3.44. The van der Waals surface area contributed by atoms with Crippen LogP contribution in [0.25, 0.3) is 10.8 Å². The molecule has 2 aliphatic heterocycles. The number of ether oxygens (including phenoxy) is 2. The Hall–Kier alpha value is -1.67. The van der Waals surface area contributed by atoms with E-state index in [0.29, 0.717) is 17.5 Å². The number of rotatable bonds is 4. The Morgan fingerprint density at radius 1 is 1.15 bits per heavy atom. The Bertz CT molecular complexity index is 915. The van der Waals surface area contributed by atoms with Gasteiger partial charge in [0.15, 0.2) is 0 Å². The van der Waals surface area contributed by atoms with Gasteiger partial charge in [0, 0.05) is 25.2 Å². The van der Waals surface area contributed by atoms with Crippen LogP contribution in [0.5, 0.6) is 5.75 Å². The molecule has 3 atom stereocenters. The molecule has 2 aliphatic rings. The molecule has 0 aromatic heterocycles. The number of methoxy groups -OCH3 is 1. The van der Waals surface area contributed by atoms with Crippen LogP contribution < -0.4 is 9.46 Å². The standard InChI is InChI=1S/C19H24N2O4S/c1-13-10-21-11-16(9-17(21)12-25-13)20-26(22,23)19-6-4-14-7-18(24-2)5-3-15(14)8-19/h3-8,13,16-17,20H,9-12H2,1-2H3/t13-,16-,17-/m0/s1. The number of morpholine rings is 1. The lowest BCUT2D eigenvalue weighted by molar-refractivity contribution is -0.0390. The predicted molar refractivity (Wildman–Crippen MR) is 100 cm³/mol. The highest BCUT2D eigenvalue weighted by atomic mass is 32.2. The van der Waals surface area contributed by atoms with Gasteiger partial charge in [-0.15, -0.1) is 0 Å². The smallest absolute Gasteiger partial charge is 0.240 e. The predicted octanol–water partition coefficient (Wildman–Crippen LogP) is 1.99.